The maximum atomic E-state index is 13.5. The standard InChI is InChI=1S/C24H31ClN6O3.C5H10O2/c1-14-15(2)22-28-30(23(26)31(22)27-21(14)25)13-19(32)16-11-17(24(3,4)5)20(33-6)18(12-16)29-7-9-34-10-8-29;1-5(2,3)4(6)7/h11-12,26H,7-10,13H2,1-6H3;1-3H3,(H,6,7). The summed E-state index contributed by atoms with van der Waals surface area (Å²) >= 11 is 6.21. The number of Topliss-reactive ketones (excluding diaryl/α,β-unsaturated/α-hetero) is 1. The van der Waals surface area contributed by atoms with Crippen LogP contribution in [-0.2, 0) is 21.5 Å². The normalized spacial score (nSPS) is 14.0. The molecular formula is C29H41ClN6O5. The molecule has 0 amide bonds. The topological polar surface area (TPSA) is 135 Å². The molecule has 1 aromatic carbocycles. The van der Waals surface area contributed by atoms with Gasteiger partial charge in [0.2, 0.25) is 5.62 Å². The van der Waals surface area contributed by atoms with Crippen LogP contribution in [0, 0.1) is 24.7 Å². The van der Waals surface area contributed by atoms with Crippen LogP contribution in [-0.4, -0.2) is 69.7 Å². The Kier molecular flexibility index (Phi) is 9.54. The number of benzene rings is 1. The number of carbonyl (C=O) groups excluding carboxylic acids is 1. The molecule has 0 radical (unpaired) electrons. The van der Waals surface area contributed by atoms with Crippen molar-refractivity contribution in [1.82, 2.24) is 19.4 Å². The minimum absolute atomic E-state index is 0.00805. The number of methoxy groups -OCH3 is 1. The second kappa shape index (κ2) is 12.2. The zero-order valence-corrected chi connectivity index (χ0v) is 26.1. The van der Waals surface area contributed by atoms with Crippen molar-refractivity contribution in [2.45, 2.75) is 67.3 Å². The molecular weight excluding hydrogens is 548 g/mol. The number of hydrogen-bond donors (Lipinski definition) is 2. The average Bonchev–Trinajstić information content (AvgIpc) is 3.21. The molecule has 2 aromatic heterocycles. The highest BCUT2D eigenvalue weighted by Gasteiger charge is 2.27. The van der Waals surface area contributed by atoms with Crippen molar-refractivity contribution in [2.24, 2.45) is 5.41 Å². The largest absolute Gasteiger partial charge is 0.494 e. The lowest BCUT2D eigenvalue weighted by molar-refractivity contribution is -0.145. The fourth-order valence-electron chi connectivity index (χ4n) is 4.15. The van der Waals surface area contributed by atoms with E-state index in [-0.39, 0.29) is 23.4 Å². The van der Waals surface area contributed by atoms with Gasteiger partial charge in [0.1, 0.15) is 12.3 Å². The monoisotopic (exact) mass is 588 g/mol. The van der Waals surface area contributed by atoms with Gasteiger partial charge in [-0.25, -0.2) is 4.68 Å². The van der Waals surface area contributed by atoms with E-state index in [1.807, 2.05) is 26.0 Å². The number of hydrogen-bond acceptors (Lipinski definition) is 8. The van der Waals surface area contributed by atoms with Crippen molar-refractivity contribution >= 4 is 34.7 Å². The smallest absolute Gasteiger partial charge is 0.308 e. The Bertz CT molecular complexity index is 1510. The van der Waals surface area contributed by atoms with Gasteiger partial charge in [-0.15, -0.1) is 5.10 Å². The molecule has 11 nitrogen and oxygen atoms in total. The Hall–Kier alpha value is -3.44. The summed E-state index contributed by atoms with van der Waals surface area (Å²) in [6.07, 6.45) is 0. The third-order valence-corrected chi connectivity index (χ3v) is 7.31. The molecule has 0 saturated carbocycles. The lowest BCUT2D eigenvalue weighted by atomic mass is 9.84. The molecule has 0 atom stereocenters. The second-order valence-corrected chi connectivity index (χ2v) is 12.5. The Labute approximate surface area is 245 Å². The molecule has 12 heteroatoms. The van der Waals surface area contributed by atoms with Gasteiger partial charge in [0.25, 0.3) is 0 Å². The van der Waals surface area contributed by atoms with E-state index in [4.69, 9.17) is 31.6 Å². The Morgan fingerprint density at radius 2 is 1.66 bits per heavy atom. The summed E-state index contributed by atoms with van der Waals surface area (Å²) in [6.45, 7) is 17.6. The predicted octanol–water partition coefficient (Wildman–Crippen LogP) is 4.42. The molecule has 3 aromatic rings. The first-order chi connectivity index (χ1) is 19.0. The van der Waals surface area contributed by atoms with Gasteiger partial charge in [-0.2, -0.15) is 9.61 Å². The molecule has 0 unspecified atom stereocenters. The summed E-state index contributed by atoms with van der Waals surface area (Å²) in [5.41, 5.74) is 3.70. The summed E-state index contributed by atoms with van der Waals surface area (Å²) in [4.78, 5) is 25.7. The second-order valence-electron chi connectivity index (χ2n) is 12.2. The molecule has 1 saturated heterocycles. The van der Waals surface area contributed by atoms with Gasteiger partial charge >= 0.3 is 5.97 Å². The fraction of sp³-hybridized carbons (Fsp3) is 0.552. The van der Waals surface area contributed by atoms with Crippen LogP contribution in [0.1, 0.15) is 68.6 Å². The molecule has 1 aliphatic heterocycles. The highest BCUT2D eigenvalue weighted by Crippen LogP contribution is 2.40. The van der Waals surface area contributed by atoms with E-state index in [1.54, 1.807) is 27.9 Å². The number of aromatic nitrogens is 4. The number of ether oxygens (including phenoxy) is 2. The number of anilines is 1. The summed E-state index contributed by atoms with van der Waals surface area (Å²) in [6, 6.07) is 3.78. The van der Waals surface area contributed by atoms with Gasteiger partial charge in [0, 0.05) is 29.8 Å². The van der Waals surface area contributed by atoms with Crippen LogP contribution in [0.3, 0.4) is 0 Å². The number of nitrogens with one attached hydrogen (secondary N) is 1. The number of halogens is 1. The number of morpholine rings is 1. The molecule has 41 heavy (non-hydrogen) atoms. The maximum absolute atomic E-state index is 13.5. The average molecular weight is 589 g/mol. The zero-order chi connectivity index (χ0) is 30.9. The highest BCUT2D eigenvalue weighted by molar-refractivity contribution is 6.30. The zero-order valence-electron chi connectivity index (χ0n) is 25.4. The van der Waals surface area contributed by atoms with Crippen molar-refractivity contribution in [1.29, 1.82) is 5.41 Å². The summed E-state index contributed by atoms with van der Waals surface area (Å²) < 4.78 is 14.1. The lowest BCUT2D eigenvalue weighted by Crippen LogP contribution is -2.37. The van der Waals surface area contributed by atoms with E-state index in [9.17, 15) is 9.59 Å². The number of rotatable bonds is 5. The van der Waals surface area contributed by atoms with Crippen LogP contribution in [0.15, 0.2) is 12.1 Å². The highest BCUT2D eigenvalue weighted by atomic mass is 35.5. The first-order valence-electron chi connectivity index (χ1n) is 13.5. The van der Waals surface area contributed by atoms with Gasteiger partial charge in [-0.3, -0.25) is 15.0 Å². The molecule has 0 bridgehead atoms. The maximum Gasteiger partial charge on any atom is 0.308 e. The predicted molar refractivity (Wildman–Crippen MR) is 157 cm³/mol. The molecule has 224 valence electrons. The van der Waals surface area contributed by atoms with Crippen LogP contribution < -0.4 is 15.3 Å². The van der Waals surface area contributed by atoms with Gasteiger partial charge in [0.15, 0.2) is 16.6 Å². The number of carbonyl (C=O) groups is 2. The molecule has 1 fully saturated rings. The fourth-order valence-corrected chi connectivity index (χ4v) is 4.37. The van der Waals surface area contributed by atoms with E-state index < -0.39 is 11.4 Å². The van der Waals surface area contributed by atoms with Gasteiger partial charge in [-0.05, 0) is 57.7 Å². The van der Waals surface area contributed by atoms with E-state index in [0.29, 0.717) is 29.6 Å². The minimum Gasteiger partial charge on any atom is -0.494 e. The first kappa shape index (κ1) is 32.1. The van der Waals surface area contributed by atoms with Crippen LogP contribution >= 0.6 is 11.6 Å². The molecule has 0 aliphatic carbocycles. The Morgan fingerprint density at radius 3 is 2.17 bits per heavy atom. The van der Waals surface area contributed by atoms with Gasteiger partial charge < -0.3 is 19.5 Å². The van der Waals surface area contributed by atoms with Crippen molar-refractivity contribution in [3.8, 4) is 5.75 Å². The van der Waals surface area contributed by atoms with E-state index in [1.165, 1.54) is 9.20 Å². The Morgan fingerprint density at radius 1 is 1.07 bits per heavy atom. The van der Waals surface area contributed by atoms with E-state index in [0.717, 1.165) is 41.2 Å². The summed E-state index contributed by atoms with van der Waals surface area (Å²) in [5.74, 6) is -0.130. The summed E-state index contributed by atoms with van der Waals surface area (Å²) in [7, 11) is 1.66. The third-order valence-electron chi connectivity index (χ3n) is 6.95. The van der Waals surface area contributed by atoms with Gasteiger partial charge in [-0.1, -0.05) is 32.4 Å². The SMILES string of the molecule is CC(C)(C)C(=O)O.COc1c(N2CCOCC2)cc(C(=O)Cn2nc3c(C)c(C)c(Cl)nn3c2=N)cc1C(C)(C)C. The first-order valence-corrected chi connectivity index (χ1v) is 13.8. The van der Waals surface area contributed by atoms with Crippen molar-refractivity contribution in [2.75, 3.05) is 38.3 Å². The van der Waals surface area contributed by atoms with Crippen LogP contribution in [0.4, 0.5) is 5.69 Å². The number of nitrogens with zero attached hydrogens (tertiary/aromatic N) is 5. The van der Waals surface area contributed by atoms with Crippen LogP contribution in [0.5, 0.6) is 5.75 Å². The lowest BCUT2D eigenvalue weighted by Gasteiger charge is -2.33. The summed E-state index contributed by atoms with van der Waals surface area (Å²) in [5, 5.41) is 25.8. The quantitative estimate of drug-likeness (QED) is 0.418. The van der Waals surface area contributed by atoms with Crippen molar-refractivity contribution < 1.29 is 24.2 Å². The van der Waals surface area contributed by atoms with E-state index >= 15 is 0 Å². The van der Waals surface area contributed by atoms with Crippen molar-refractivity contribution in [3.63, 3.8) is 0 Å². The third kappa shape index (κ3) is 7.08. The minimum atomic E-state index is -0.757. The number of fused-ring (bicyclic) bond motifs is 1. The van der Waals surface area contributed by atoms with E-state index in [2.05, 4.69) is 35.9 Å². The van der Waals surface area contributed by atoms with Crippen molar-refractivity contribution in [3.05, 3.63) is 45.2 Å². The molecule has 4 rings (SSSR count). The number of ketones is 1. The number of aryl methyl sites for hydroxylation is 1. The number of carboxylic acid groups (broad SMARTS) is 1. The molecule has 1 aliphatic rings. The number of aliphatic carboxylic acids is 1. The van der Waals surface area contributed by atoms with Gasteiger partial charge in [0.05, 0.1) is 31.4 Å². The molecule has 0 spiro atoms. The van der Waals surface area contributed by atoms with Crippen LogP contribution in [0.25, 0.3) is 5.65 Å². The molecule has 3 heterocycles. The molecule has 2 N–H and O–H groups in total. The number of carboxylic acids is 1. The van der Waals surface area contributed by atoms with Crippen LogP contribution in [0.2, 0.25) is 5.15 Å². The Balaban J connectivity index is 0.000000587.